The number of methoxy groups -OCH3 is 3. The van der Waals surface area contributed by atoms with Gasteiger partial charge >= 0.3 is 5.97 Å². The van der Waals surface area contributed by atoms with Crippen molar-refractivity contribution in [1.82, 2.24) is 10.6 Å². The number of esters is 1. The maximum Gasteiger partial charge on any atom is 0.305 e. The van der Waals surface area contributed by atoms with Crippen molar-refractivity contribution in [2.75, 3.05) is 34.4 Å². The fraction of sp³-hybridized carbons (Fsp3) is 0.500. The molecule has 0 aromatic heterocycles. The average molecular weight is 419 g/mol. The fourth-order valence-electron chi connectivity index (χ4n) is 2.00. The van der Waals surface area contributed by atoms with E-state index in [-0.39, 0.29) is 5.97 Å². The number of hydrogen-bond donors (Lipinski definition) is 2. The molecular formula is C16H23BrN2O4S. The lowest BCUT2D eigenvalue weighted by molar-refractivity contribution is -0.140. The molecule has 0 heterocycles. The first-order valence-electron chi connectivity index (χ1n) is 7.50. The van der Waals surface area contributed by atoms with Crippen molar-refractivity contribution in [2.45, 2.75) is 19.3 Å². The summed E-state index contributed by atoms with van der Waals surface area (Å²) in [6.45, 7) is 1.30. The summed E-state index contributed by atoms with van der Waals surface area (Å²) in [6.07, 6.45) is 1.82. The van der Waals surface area contributed by atoms with Crippen LogP contribution in [0.5, 0.6) is 11.5 Å². The molecule has 24 heavy (non-hydrogen) atoms. The third-order valence-electron chi connectivity index (χ3n) is 3.30. The van der Waals surface area contributed by atoms with E-state index in [0.29, 0.717) is 42.5 Å². The van der Waals surface area contributed by atoms with Crippen molar-refractivity contribution in [3.63, 3.8) is 0 Å². The summed E-state index contributed by atoms with van der Waals surface area (Å²) in [5.41, 5.74) is 1.09. The van der Waals surface area contributed by atoms with Crippen LogP contribution >= 0.6 is 28.1 Å². The van der Waals surface area contributed by atoms with Gasteiger partial charge in [-0.15, -0.1) is 0 Å². The summed E-state index contributed by atoms with van der Waals surface area (Å²) in [7, 11) is 4.60. The summed E-state index contributed by atoms with van der Waals surface area (Å²) in [6, 6.07) is 3.83. The quantitative estimate of drug-likeness (QED) is 0.362. The highest BCUT2D eigenvalue weighted by Crippen LogP contribution is 2.33. The summed E-state index contributed by atoms with van der Waals surface area (Å²) in [5, 5.41) is 6.76. The molecule has 2 N–H and O–H groups in total. The van der Waals surface area contributed by atoms with Gasteiger partial charge in [-0.1, -0.05) is 15.9 Å². The highest BCUT2D eigenvalue weighted by atomic mass is 79.9. The molecular weight excluding hydrogens is 396 g/mol. The standard InChI is InChI=1S/C16H23BrN2O4S/c1-21-13-9-11(12(17)10-14(13)22-2)6-8-19-16(24)18-7-4-5-15(20)23-3/h9-10H,4-8H2,1-3H3,(H2,18,19,24). The van der Waals surface area contributed by atoms with E-state index in [0.717, 1.165) is 16.5 Å². The van der Waals surface area contributed by atoms with E-state index in [2.05, 4.69) is 31.3 Å². The number of rotatable bonds is 9. The first-order chi connectivity index (χ1) is 11.5. The lowest BCUT2D eigenvalue weighted by Crippen LogP contribution is -2.37. The molecule has 0 aliphatic carbocycles. The van der Waals surface area contributed by atoms with Gasteiger partial charge in [0.25, 0.3) is 0 Å². The predicted octanol–water partition coefficient (Wildman–Crippen LogP) is 2.43. The minimum Gasteiger partial charge on any atom is -0.493 e. The van der Waals surface area contributed by atoms with Crippen molar-refractivity contribution in [3.8, 4) is 11.5 Å². The predicted molar refractivity (Wildman–Crippen MR) is 101 cm³/mol. The van der Waals surface area contributed by atoms with Crippen LogP contribution in [0, 0.1) is 0 Å². The summed E-state index contributed by atoms with van der Waals surface area (Å²) in [4.78, 5) is 11.0. The molecule has 0 aliphatic heterocycles. The van der Waals surface area contributed by atoms with Gasteiger partial charge in [-0.25, -0.2) is 0 Å². The van der Waals surface area contributed by atoms with Crippen LogP contribution in [-0.4, -0.2) is 45.5 Å². The SMILES string of the molecule is COC(=O)CCCNC(=S)NCCc1cc(OC)c(OC)cc1Br. The Morgan fingerprint density at radius 2 is 1.75 bits per heavy atom. The Morgan fingerprint density at radius 3 is 2.38 bits per heavy atom. The van der Waals surface area contributed by atoms with E-state index in [4.69, 9.17) is 21.7 Å². The lowest BCUT2D eigenvalue weighted by Gasteiger charge is -2.13. The Bertz CT molecular complexity index is 569. The third kappa shape index (κ3) is 6.92. The van der Waals surface area contributed by atoms with Crippen LogP contribution in [0.2, 0.25) is 0 Å². The minimum atomic E-state index is -0.214. The van der Waals surface area contributed by atoms with E-state index in [9.17, 15) is 4.79 Å². The van der Waals surface area contributed by atoms with Crippen LogP contribution in [0.3, 0.4) is 0 Å². The molecule has 134 valence electrons. The summed E-state index contributed by atoms with van der Waals surface area (Å²) in [5.74, 6) is 1.16. The van der Waals surface area contributed by atoms with Crippen LogP contribution in [0.15, 0.2) is 16.6 Å². The van der Waals surface area contributed by atoms with Crippen molar-refractivity contribution < 1.29 is 19.0 Å². The highest BCUT2D eigenvalue weighted by Gasteiger charge is 2.09. The molecule has 0 bridgehead atoms. The van der Waals surface area contributed by atoms with Crippen molar-refractivity contribution >= 4 is 39.2 Å². The van der Waals surface area contributed by atoms with E-state index in [1.807, 2.05) is 12.1 Å². The maximum absolute atomic E-state index is 11.0. The lowest BCUT2D eigenvalue weighted by atomic mass is 10.1. The maximum atomic E-state index is 11.0. The molecule has 0 saturated carbocycles. The van der Waals surface area contributed by atoms with Gasteiger partial charge in [-0.3, -0.25) is 4.79 Å². The van der Waals surface area contributed by atoms with Crippen LogP contribution in [0.25, 0.3) is 0 Å². The molecule has 0 unspecified atom stereocenters. The number of benzene rings is 1. The van der Waals surface area contributed by atoms with Crippen molar-refractivity contribution in [1.29, 1.82) is 0 Å². The molecule has 0 amide bonds. The van der Waals surface area contributed by atoms with E-state index in [1.165, 1.54) is 7.11 Å². The first kappa shape index (κ1) is 20.5. The smallest absolute Gasteiger partial charge is 0.305 e. The number of halogens is 1. The second kappa shape index (κ2) is 11.1. The van der Waals surface area contributed by atoms with Gasteiger partial charge in [0.15, 0.2) is 16.6 Å². The molecule has 0 fully saturated rings. The van der Waals surface area contributed by atoms with E-state index >= 15 is 0 Å². The molecule has 0 aliphatic rings. The van der Waals surface area contributed by atoms with Gasteiger partial charge in [0.2, 0.25) is 0 Å². The third-order valence-corrected chi connectivity index (χ3v) is 4.33. The van der Waals surface area contributed by atoms with Gasteiger partial charge in [0, 0.05) is 24.0 Å². The van der Waals surface area contributed by atoms with E-state index < -0.39 is 0 Å². The molecule has 0 spiro atoms. The van der Waals surface area contributed by atoms with Gasteiger partial charge in [0.1, 0.15) is 0 Å². The zero-order valence-corrected chi connectivity index (χ0v) is 16.5. The molecule has 0 atom stereocenters. The van der Waals surface area contributed by atoms with Crippen LogP contribution in [0.4, 0.5) is 0 Å². The highest BCUT2D eigenvalue weighted by molar-refractivity contribution is 9.10. The molecule has 1 rings (SSSR count). The van der Waals surface area contributed by atoms with Crippen LogP contribution in [0.1, 0.15) is 18.4 Å². The molecule has 1 aromatic carbocycles. The van der Waals surface area contributed by atoms with Gasteiger partial charge in [-0.2, -0.15) is 0 Å². The Kier molecular flexibility index (Phi) is 9.48. The van der Waals surface area contributed by atoms with Crippen LogP contribution < -0.4 is 20.1 Å². The molecule has 0 radical (unpaired) electrons. The Morgan fingerprint density at radius 1 is 1.12 bits per heavy atom. The Hall–Kier alpha value is -1.54. The van der Waals surface area contributed by atoms with Crippen LogP contribution in [-0.2, 0) is 16.0 Å². The molecule has 1 aromatic rings. The molecule has 8 heteroatoms. The number of hydrogen-bond acceptors (Lipinski definition) is 5. The number of nitrogens with one attached hydrogen (secondary N) is 2. The summed E-state index contributed by atoms with van der Waals surface area (Å²) < 4.78 is 16.1. The first-order valence-corrected chi connectivity index (χ1v) is 8.70. The number of ether oxygens (including phenoxy) is 3. The zero-order chi connectivity index (χ0) is 17.9. The second-order valence-corrected chi connectivity index (χ2v) is 6.17. The normalized spacial score (nSPS) is 10.0. The van der Waals surface area contributed by atoms with Crippen molar-refractivity contribution in [2.24, 2.45) is 0 Å². The van der Waals surface area contributed by atoms with Gasteiger partial charge in [0.05, 0.1) is 21.3 Å². The zero-order valence-electron chi connectivity index (χ0n) is 14.1. The fourth-order valence-corrected chi connectivity index (χ4v) is 2.72. The Labute approximate surface area is 156 Å². The van der Waals surface area contributed by atoms with Gasteiger partial charge in [-0.05, 0) is 42.8 Å². The average Bonchev–Trinajstić information content (AvgIpc) is 2.59. The largest absolute Gasteiger partial charge is 0.493 e. The van der Waals surface area contributed by atoms with Gasteiger partial charge < -0.3 is 24.8 Å². The topological polar surface area (TPSA) is 68.8 Å². The van der Waals surface area contributed by atoms with Crippen molar-refractivity contribution in [3.05, 3.63) is 22.2 Å². The minimum absolute atomic E-state index is 0.214. The number of thiocarbonyl (C=S) groups is 1. The van der Waals surface area contributed by atoms with E-state index in [1.54, 1.807) is 14.2 Å². The molecule has 0 saturated heterocycles. The Balaban J connectivity index is 2.36. The monoisotopic (exact) mass is 418 g/mol. The molecule has 6 nitrogen and oxygen atoms in total. The number of carbonyl (C=O) groups is 1. The number of carbonyl (C=O) groups excluding carboxylic acids is 1. The summed E-state index contributed by atoms with van der Waals surface area (Å²) >= 11 is 8.74. The second-order valence-electron chi connectivity index (χ2n) is 4.91.